The maximum absolute atomic E-state index is 6.00. The fourth-order valence-corrected chi connectivity index (χ4v) is 3.38. The van der Waals surface area contributed by atoms with Crippen LogP contribution in [0.4, 0.5) is 0 Å². The van der Waals surface area contributed by atoms with Crippen LogP contribution in [0.15, 0.2) is 77.4 Å². The van der Waals surface area contributed by atoms with Crippen molar-refractivity contribution in [2.24, 2.45) is 5.92 Å². The van der Waals surface area contributed by atoms with Crippen LogP contribution in [0, 0.1) is 5.92 Å². The van der Waals surface area contributed by atoms with E-state index in [0.29, 0.717) is 0 Å². The van der Waals surface area contributed by atoms with Crippen LogP contribution in [-0.2, 0) is 0 Å². The zero-order chi connectivity index (χ0) is 18.9. The highest BCUT2D eigenvalue weighted by atomic mass is 79.9. The molecule has 1 aliphatic carbocycles. The van der Waals surface area contributed by atoms with Crippen LogP contribution in [0.3, 0.4) is 0 Å². The van der Waals surface area contributed by atoms with Crippen molar-refractivity contribution in [3.8, 4) is 28.5 Å². The van der Waals surface area contributed by atoms with Crippen LogP contribution in [-0.4, -0.2) is 16.2 Å². The molecule has 0 bridgehead atoms. The lowest BCUT2D eigenvalue weighted by molar-refractivity contribution is 0.298. The molecule has 0 aliphatic heterocycles. The van der Waals surface area contributed by atoms with Gasteiger partial charge in [0.05, 0.1) is 17.8 Å². The standard InChI is InChI=1S/C23H19BrN2O2/c24-18-8-9-19-12-23(25-26(19)14-18)17-6-10-20(11-7-17)28-22-3-1-2-21(13-22)27-15-16-4-5-16/h1-3,6-14,16H,4-5,15H2. The first-order valence-electron chi connectivity index (χ1n) is 9.39. The number of fused-ring (bicyclic) bond motifs is 1. The normalized spacial score (nSPS) is 13.6. The Bertz CT molecular complexity index is 1120. The Balaban J connectivity index is 1.31. The molecule has 28 heavy (non-hydrogen) atoms. The zero-order valence-corrected chi connectivity index (χ0v) is 16.8. The lowest BCUT2D eigenvalue weighted by Crippen LogP contribution is -1.98. The number of aromatic nitrogens is 2. The molecule has 2 heterocycles. The molecule has 0 unspecified atom stereocenters. The van der Waals surface area contributed by atoms with Gasteiger partial charge in [-0.25, -0.2) is 4.52 Å². The fourth-order valence-electron chi connectivity index (χ4n) is 3.06. The molecule has 140 valence electrons. The second-order valence-corrected chi connectivity index (χ2v) is 8.02. The van der Waals surface area contributed by atoms with E-state index in [1.54, 1.807) is 0 Å². The van der Waals surface area contributed by atoms with Gasteiger partial charge >= 0.3 is 0 Å². The third kappa shape index (κ3) is 3.90. The summed E-state index contributed by atoms with van der Waals surface area (Å²) in [7, 11) is 0. The summed E-state index contributed by atoms with van der Waals surface area (Å²) < 4.78 is 14.7. The average Bonchev–Trinajstić information content (AvgIpc) is 3.45. The summed E-state index contributed by atoms with van der Waals surface area (Å²) in [5.74, 6) is 3.16. The van der Waals surface area contributed by atoms with Crippen LogP contribution in [0.5, 0.6) is 17.2 Å². The lowest BCUT2D eigenvalue weighted by atomic mass is 10.1. The fraction of sp³-hybridized carbons (Fsp3) is 0.174. The molecule has 1 fully saturated rings. The van der Waals surface area contributed by atoms with Crippen molar-refractivity contribution in [3.63, 3.8) is 0 Å². The molecule has 5 rings (SSSR count). The summed E-state index contributed by atoms with van der Waals surface area (Å²) in [6.07, 6.45) is 4.52. The van der Waals surface area contributed by atoms with Crippen molar-refractivity contribution in [2.45, 2.75) is 12.8 Å². The van der Waals surface area contributed by atoms with Crippen LogP contribution >= 0.6 is 15.9 Å². The summed E-state index contributed by atoms with van der Waals surface area (Å²) in [5, 5.41) is 4.64. The number of ether oxygens (including phenoxy) is 2. The zero-order valence-electron chi connectivity index (χ0n) is 15.2. The van der Waals surface area contributed by atoms with Crippen LogP contribution in [0.25, 0.3) is 16.8 Å². The Labute approximate surface area is 171 Å². The van der Waals surface area contributed by atoms with Crippen LogP contribution in [0.1, 0.15) is 12.8 Å². The van der Waals surface area contributed by atoms with Gasteiger partial charge in [0.15, 0.2) is 0 Å². The van der Waals surface area contributed by atoms with Crippen molar-refractivity contribution in [1.82, 2.24) is 9.61 Å². The lowest BCUT2D eigenvalue weighted by Gasteiger charge is -2.09. The quantitative estimate of drug-likeness (QED) is 0.354. The average molecular weight is 435 g/mol. The van der Waals surface area contributed by atoms with Gasteiger partial charge in [0.1, 0.15) is 17.2 Å². The molecule has 0 spiro atoms. The molecule has 1 aliphatic rings. The Morgan fingerprint density at radius 1 is 0.929 bits per heavy atom. The number of nitrogens with zero attached hydrogens (tertiary/aromatic N) is 2. The first kappa shape index (κ1) is 17.3. The maximum Gasteiger partial charge on any atom is 0.131 e. The van der Waals surface area contributed by atoms with Gasteiger partial charge in [0, 0.05) is 22.3 Å². The highest BCUT2D eigenvalue weighted by Gasteiger charge is 2.21. The second kappa shape index (κ2) is 7.32. The van der Waals surface area contributed by atoms with Gasteiger partial charge in [-0.3, -0.25) is 0 Å². The second-order valence-electron chi connectivity index (χ2n) is 7.10. The molecular formula is C23H19BrN2O2. The minimum absolute atomic E-state index is 0.734. The van der Waals surface area contributed by atoms with Crippen molar-refractivity contribution in [1.29, 1.82) is 0 Å². The molecule has 5 heteroatoms. The highest BCUT2D eigenvalue weighted by Crippen LogP contribution is 2.31. The Morgan fingerprint density at radius 3 is 2.57 bits per heavy atom. The van der Waals surface area contributed by atoms with E-state index in [0.717, 1.165) is 51.0 Å². The Kier molecular flexibility index (Phi) is 4.53. The van der Waals surface area contributed by atoms with E-state index in [1.165, 1.54) is 12.8 Å². The largest absolute Gasteiger partial charge is 0.493 e. The van der Waals surface area contributed by atoms with Crippen molar-refractivity contribution in [2.75, 3.05) is 6.61 Å². The predicted octanol–water partition coefficient (Wildman–Crippen LogP) is 6.34. The number of benzene rings is 2. The van der Waals surface area contributed by atoms with Gasteiger partial charge in [-0.2, -0.15) is 5.10 Å². The number of halogens is 1. The number of rotatable bonds is 6. The SMILES string of the molecule is Brc1ccc2cc(-c3ccc(Oc4cccc(OCC5CC5)c4)cc3)nn2c1. The Morgan fingerprint density at radius 2 is 1.75 bits per heavy atom. The summed E-state index contributed by atoms with van der Waals surface area (Å²) in [6, 6.07) is 21.9. The van der Waals surface area contributed by atoms with E-state index >= 15 is 0 Å². The number of hydrogen-bond donors (Lipinski definition) is 0. The topological polar surface area (TPSA) is 35.8 Å². The van der Waals surface area contributed by atoms with E-state index in [9.17, 15) is 0 Å². The van der Waals surface area contributed by atoms with E-state index in [1.807, 2.05) is 71.4 Å². The van der Waals surface area contributed by atoms with E-state index < -0.39 is 0 Å². The molecule has 0 radical (unpaired) electrons. The van der Waals surface area contributed by atoms with Gasteiger partial charge in [0.2, 0.25) is 0 Å². The van der Waals surface area contributed by atoms with E-state index in [-0.39, 0.29) is 0 Å². The number of pyridine rings is 1. The molecule has 2 aromatic heterocycles. The summed E-state index contributed by atoms with van der Waals surface area (Å²) >= 11 is 3.48. The van der Waals surface area contributed by atoms with E-state index in [2.05, 4.69) is 27.1 Å². The molecule has 0 N–H and O–H groups in total. The highest BCUT2D eigenvalue weighted by molar-refractivity contribution is 9.10. The molecule has 0 saturated heterocycles. The minimum atomic E-state index is 0.734. The molecule has 0 amide bonds. The molecule has 2 aromatic carbocycles. The van der Waals surface area contributed by atoms with Gasteiger partial charge in [-0.15, -0.1) is 0 Å². The van der Waals surface area contributed by atoms with Crippen LogP contribution < -0.4 is 9.47 Å². The van der Waals surface area contributed by atoms with Crippen LogP contribution in [0.2, 0.25) is 0 Å². The van der Waals surface area contributed by atoms with Crippen molar-refractivity contribution < 1.29 is 9.47 Å². The predicted molar refractivity (Wildman–Crippen MR) is 113 cm³/mol. The third-order valence-electron chi connectivity index (χ3n) is 4.80. The van der Waals surface area contributed by atoms with Gasteiger partial charge in [-0.1, -0.05) is 6.07 Å². The monoisotopic (exact) mass is 434 g/mol. The third-order valence-corrected chi connectivity index (χ3v) is 5.27. The minimum Gasteiger partial charge on any atom is -0.493 e. The molecular weight excluding hydrogens is 416 g/mol. The first-order valence-corrected chi connectivity index (χ1v) is 10.2. The number of hydrogen-bond acceptors (Lipinski definition) is 3. The molecule has 4 nitrogen and oxygen atoms in total. The molecule has 1 saturated carbocycles. The first-order chi connectivity index (χ1) is 13.7. The molecule has 0 atom stereocenters. The maximum atomic E-state index is 6.00. The molecule has 4 aromatic rings. The summed E-state index contributed by atoms with van der Waals surface area (Å²) in [6.45, 7) is 0.799. The van der Waals surface area contributed by atoms with Gasteiger partial charge in [0.25, 0.3) is 0 Å². The van der Waals surface area contributed by atoms with Gasteiger partial charge in [-0.05, 0) is 89.3 Å². The Hall–Kier alpha value is -2.79. The van der Waals surface area contributed by atoms with E-state index in [4.69, 9.17) is 9.47 Å². The smallest absolute Gasteiger partial charge is 0.131 e. The van der Waals surface area contributed by atoms with Crippen molar-refractivity contribution >= 4 is 21.4 Å². The van der Waals surface area contributed by atoms with Crippen molar-refractivity contribution in [3.05, 3.63) is 77.4 Å². The summed E-state index contributed by atoms with van der Waals surface area (Å²) in [5.41, 5.74) is 3.04. The summed E-state index contributed by atoms with van der Waals surface area (Å²) in [4.78, 5) is 0. The van der Waals surface area contributed by atoms with Gasteiger partial charge < -0.3 is 9.47 Å².